The molecule has 1 unspecified atom stereocenters. The van der Waals surface area contributed by atoms with E-state index < -0.39 is 0 Å². The molecule has 9 nitrogen and oxygen atoms in total. The summed E-state index contributed by atoms with van der Waals surface area (Å²) in [5, 5.41) is 8.33. The van der Waals surface area contributed by atoms with Gasteiger partial charge in [-0.3, -0.25) is 4.84 Å². The minimum Gasteiger partial charge on any atom is -0.493 e. The standard InChI is InChI=1S/C25H31N3O6.ClH/c1-7-16(2)14-26-25(29)28(33-6)19-10-8-9-17(11-19)20-15-34-27-23(20)18-12-21(30-3)24(32-5)22(13-18)31-4;/h8-13,15-16H,7,14H2,1-6H3,(H,26,29);1H. The van der Waals surface area contributed by atoms with Crippen LogP contribution in [0.25, 0.3) is 22.4 Å². The van der Waals surface area contributed by atoms with Crippen molar-refractivity contribution < 1.29 is 28.4 Å². The molecule has 190 valence electrons. The van der Waals surface area contributed by atoms with Crippen molar-refractivity contribution in [2.24, 2.45) is 5.92 Å². The van der Waals surface area contributed by atoms with Crippen molar-refractivity contribution in [1.29, 1.82) is 0 Å². The smallest absolute Gasteiger partial charge is 0.346 e. The Morgan fingerprint density at radius 1 is 1.06 bits per heavy atom. The molecule has 2 amide bonds. The molecule has 0 saturated heterocycles. The summed E-state index contributed by atoms with van der Waals surface area (Å²) in [6.45, 7) is 4.72. The van der Waals surface area contributed by atoms with Gasteiger partial charge in [0.2, 0.25) is 5.75 Å². The fourth-order valence-electron chi connectivity index (χ4n) is 3.45. The molecule has 0 aliphatic carbocycles. The molecule has 0 saturated carbocycles. The van der Waals surface area contributed by atoms with Gasteiger partial charge in [0, 0.05) is 17.7 Å². The molecule has 0 fully saturated rings. The normalized spacial score (nSPS) is 11.3. The van der Waals surface area contributed by atoms with Gasteiger partial charge < -0.3 is 24.1 Å². The van der Waals surface area contributed by atoms with Gasteiger partial charge in [-0.05, 0) is 35.7 Å². The summed E-state index contributed by atoms with van der Waals surface area (Å²) in [7, 11) is 6.11. The van der Waals surface area contributed by atoms with Crippen LogP contribution in [0.5, 0.6) is 17.2 Å². The van der Waals surface area contributed by atoms with Gasteiger partial charge in [-0.2, -0.15) is 5.06 Å². The first-order chi connectivity index (χ1) is 16.5. The highest BCUT2D eigenvalue weighted by atomic mass is 35.5. The molecule has 2 aromatic carbocycles. The highest BCUT2D eigenvalue weighted by molar-refractivity contribution is 5.91. The lowest BCUT2D eigenvalue weighted by Crippen LogP contribution is -2.41. The Hall–Kier alpha value is -3.43. The van der Waals surface area contributed by atoms with E-state index in [1.54, 1.807) is 45.8 Å². The van der Waals surface area contributed by atoms with Gasteiger partial charge in [-0.1, -0.05) is 37.6 Å². The van der Waals surface area contributed by atoms with Crippen molar-refractivity contribution in [2.45, 2.75) is 20.3 Å². The van der Waals surface area contributed by atoms with E-state index in [0.717, 1.165) is 23.1 Å². The van der Waals surface area contributed by atoms with Crippen molar-refractivity contribution in [3.05, 3.63) is 42.7 Å². The monoisotopic (exact) mass is 505 g/mol. The van der Waals surface area contributed by atoms with Gasteiger partial charge in [0.1, 0.15) is 12.0 Å². The van der Waals surface area contributed by atoms with E-state index in [0.29, 0.717) is 41.1 Å². The van der Waals surface area contributed by atoms with Crippen molar-refractivity contribution in [3.63, 3.8) is 0 Å². The van der Waals surface area contributed by atoms with Gasteiger partial charge in [-0.25, -0.2) is 4.79 Å². The number of anilines is 1. The number of halogens is 1. The maximum Gasteiger partial charge on any atom is 0.346 e. The van der Waals surface area contributed by atoms with E-state index in [-0.39, 0.29) is 18.4 Å². The number of amides is 2. The van der Waals surface area contributed by atoms with Gasteiger partial charge in [-0.15, -0.1) is 12.4 Å². The third kappa shape index (κ3) is 6.17. The van der Waals surface area contributed by atoms with Crippen LogP contribution in [0.2, 0.25) is 0 Å². The average Bonchev–Trinajstić information content (AvgIpc) is 3.37. The Morgan fingerprint density at radius 2 is 1.74 bits per heavy atom. The molecule has 0 bridgehead atoms. The average molecular weight is 506 g/mol. The molecule has 1 atom stereocenters. The molecule has 0 aliphatic rings. The van der Waals surface area contributed by atoms with E-state index in [1.165, 1.54) is 12.2 Å². The van der Waals surface area contributed by atoms with Crippen LogP contribution in [0.3, 0.4) is 0 Å². The largest absolute Gasteiger partial charge is 0.493 e. The van der Waals surface area contributed by atoms with E-state index in [1.807, 2.05) is 18.2 Å². The highest BCUT2D eigenvalue weighted by Crippen LogP contribution is 2.43. The molecule has 0 spiro atoms. The first-order valence-corrected chi connectivity index (χ1v) is 10.9. The lowest BCUT2D eigenvalue weighted by atomic mass is 10.0. The number of methoxy groups -OCH3 is 3. The molecular weight excluding hydrogens is 474 g/mol. The van der Waals surface area contributed by atoms with Crippen LogP contribution in [0.15, 0.2) is 47.2 Å². The van der Waals surface area contributed by atoms with Crippen LogP contribution in [0.1, 0.15) is 20.3 Å². The van der Waals surface area contributed by atoms with Crippen LogP contribution in [0, 0.1) is 5.92 Å². The van der Waals surface area contributed by atoms with Crippen LogP contribution in [0.4, 0.5) is 10.5 Å². The third-order valence-electron chi connectivity index (χ3n) is 5.57. The van der Waals surface area contributed by atoms with Crippen molar-refractivity contribution in [1.82, 2.24) is 10.5 Å². The van der Waals surface area contributed by atoms with E-state index in [9.17, 15) is 4.79 Å². The molecule has 3 aromatic rings. The maximum atomic E-state index is 12.7. The first-order valence-electron chi connectivity index (χ1n) is 10.9. The van der Waals surface area contributed by atoms with Crippen LogP contribution in [-0.2, 0) is 4.84 Å². The fourth-order valence-corrected chi connectivity index (χ4v) is 3.45. The van der Waals surface area contributed by atoms with Crippen molar-refractivity contribution in [3.8, 4) is 39.6 Å². The molecule has 1 N–H and O–H groups in total. The Bertz CT molecular complexity index is 1100. The Balaban J connectivity index is 0.00000432. The van der Waals surface area contributed by atoms with Crippen LogP contribution in [-0.4, -0.2) is 46.2 Å². The number of benzene rings is 2. The Morgan fingerprint density at radius 3 is 2.31 bits per heavy atom. The quantitative estimate of drug-likeness (QED) is 0.359. The number of ether oxygens (including phenoxy) is 3. The van der Waals surface area contributed by atoms with Gasteiger partial charge in [0.25, 0.3) is 0 Å². The summed E-state index contributed by atoms with van der Waals surface area (Å²) in [5.41, 5.74) is 3.39. The maximum absolute atomic E-state index is 12.7. The lowest BCUT2D eigenvalue weighted by molar-refractivity contribution is 0.162. The molecule has 1 aromatic heterocycles. The molecule has 10 heteroatoms. The van der Waals surface area contributed by atoms with Gasteiger partial charge in [0.05, 0.1) is 34.1 Å². The van der Waals surface area contributed by atoms with E-state index in [4.69, 9.17) is 23.6 Å². The number of hydroxylamine groups is 1. The number of rotatable bonds is 10. The summed E-state index contributed by atoms with van der Waals surface area (Å²) < 4.78 is 21.7. The SMILES string of the molecule is CCC(C)CNC(=O)N(OC)c1cccc(-c2conc2-c2cc(OC)c(OC)c(OC)c2)c1.Cl. The minimum absolute atomic E-state index is 0. The number of carbonyl (C=O) groups is 1. The predicted octanol–water partition coefficient (Wildman–Crippen LogP) is 5.58. The van der Waals surface area contributed by atoms with Gasteiger partial charge in [0.15, 0.2) is 11.5 Å². The number of nitrogens with one attached hydrogen (secondary N) is 1. The summed E-state index contributed by atoms with van der Waals surface area (Å²) in [5.74, 6) is 1.86. The zero-order chi connectivity index (χ0) is 24.7. The second-order valence-electron chi connectivity index (χ2n) is 7.72. The summed E-state index contributed by atoms with van der Waals surface area (Å²) in [4.78, 5) is 18.1. The number of urea groups is 1. The molecule has 3 rings (SSSR count). The molecule has 35 heavy (non-hydrogen) atoms. The van der Waals surface area contributed by atoms with E-state index >= 15 is 0 Å². The number of aromatic nitrogens is 1. The fraction of sp³-hybridized carbons (Fsp3) is 0.360. The lowest BCUT2D eigenvalue weighted by Gasteiger charge is -2.21. The first kappa shape index (κ1) is 27.8. The van der Waals surface area contributed by atoms with Gasteiger partial charge >= 0.3 is 6.03 Å². The highest BCUT2D eigenvalue weighted by Gasteiger charge is 2.21. The third-order valence-corrected chi connectivity index (χ3v) is 5.57. The predicted molar refractivity (Wildman–Crippen MR) is 137 cm³/mol. The zero-order valence-electron chi connectivity index (χ0n) is 20.8. The minimum atomic E-state index is -0.338. The summed E-state index contributed by atoms with van der Waals surface area (Å²) in [6.07, 6.45) is 2.53. The van der Waals surface area contributed by atoms with Crippen LogP contribution >= 0.6 is 12.4 Å². The topological polar surface area (TPSA) is 95.3 Å². The van der Waals surface area contributed by atoms with Crippen molar-refractivity contribution in [2.75, 3.05) is 40.0 Å². The summed E-state index contributed by atoms with van der Waals surface area (Å²) in [6, 6.07) is 10.6. The second kappa shape index (κ2) is 12.9. The van der Waals surface area contributed by atoms with E-state index in [2.05, 4.69) is 24.3 Å². The number of hydrogen-bond donors (Lipinski definition) is 1. The molecule has 0 radical (unpaired) electrons. The molecular formula is C25H32ClN3O6. The van der Waals surface area contributed by atoms with Crippen molar-refractivity contribution >= 4 is 24.1 Å². The summed E-state index contributed by atoms with van der Waals surface area (Å²) >= 11 is 0. The number of carbonyl (C=O) groups excluding carboxylic acids is 1. The zero-order valence-corrected chi connectivity index (χ0v) is 21.6. The molecule has 0 aliphatic heterocycles. The Kier molecular flexibility index (Phi) is 10.2. The number of nitrogens with zero attached hydrogens (tertiary/aromatic N) is 2. The second-order valence-corrected chi connectivity index (χ2v) is 7.72. The number of hydrogen-bond acceptors (Lipinski definition) is 7. The Labute approximate surface area is 211 Å². The van der Waals surface area contributed by atoms with Crippen LogP contribution < -0.4 is 24.6 Å². The molecule has 1 heterocycles.